The number of benzene rings is 2. The molecule has 0 saturated heterocycles. The second-order valence-corrected chi connectivity index (χ2v) is 9.97. The lowest BCUT2D eigenvalue weighted by Gasteiger charge is -2.35. The number of carbonyl (C=O) groups is 1. The molecule has 1 aliphatic rings. The monoisotopic (exact) mass is 564 g/mol. The molecule has 0 amide bonds. The number of carboxylic acid groups (broad SMARTS) is 1. The highest BCUT2D eigenvalue weighted by Gasteiger charge is 2.39. The Labute approximate surface area is 210 Å². The molecule has 38 heavy (non-hydrogen) atoms. The lowest BCUT2D eigenvalue weighted by atomic mass is 10.1. The van der Waals surface area contributed by atoms with E-state index in [2.05, 4.69) is 4.98 Å². The molecule has 0 radical (unpaired) electrons. The fourth-order valence-electron chi connectivity index (χ4n) is 3.76. The summed E-state index contributed by atoms with van der Waals surface area (Å²) >= 11 is 0. The summed E-state index contributed by atoms with van der Waals surface area (Å²) in [7, 11) is -4.88. The summed E-state index contributed by atoms with van der Waals surface area (Å²) in [5, 5.41) is 9.13. The number of hydrogen-bond acceptors (Lipinski definition) is 5. The maximum atomic E-state index is 15.2. The third-order valence-corrected chi connectivity index (χ3v) is 7.21. The molecule has 15 heteroatoms. The zero-order chi connectivity index (χ0) is 28.0. The number of sulfonamides is 1. The average Bonchev–Trinajstić information content (AvgIpc) is 2.82. The molecule has 1 aromatic heterocycles. The van der Waals surface area contributed by atoms with Crippen LogP contribution in [-0.2, 0) is 27.2 Å². The highest BCUT2D eigenvalue weighted by atomic mass is 32.2. The van der Waals surface area contributed by atoms with Gasteiger partial charge in [0.25, 0.3) is 10.0 Å². The van der Waals surface area contributed by atoms with Crippen LogP contribution in [-0.4, -0.2) is 37.1 Å². The van der Waals surface area contributed by atoms with Crippen LogP contribution in [0.5, 0.6) is 5.75 Å². The first-order chi connectivity index (χ1) is 17.6. The number of aromatic nitrogens is 1. The number of halogens is 7. The minimum absolute atomic E-state index is 0.295. The van der Waals surface area contributed by atoms with Crippen LogP contribution in [0.3, 0.4) is 0 Å². The predicted molar refractivity (Wildman–Crippen MR) is 117 cm³/mol. The van der Waals surface area contributed by atoms with Gasteiger partial charge in [0.05, 0.1) is 34.8 Å². The van der Waals surface area contributed by atoms with Gasteiger partial charge in [-0.05, 0) is 42.5 Å². The molecule has 1 aliphatic heterocycles. The Hall–Kier alpha value is -3.88. The molecule has 1 atom stereocenters. The van der Waals surface area contributed by atoms with Crippen molar-refractivity contribution in [1.29, 1.82) is 0 Å². The van der Waals surface area contributed by atoms with E-state index in [0.717, 1.165) is 36.4 Å². The van der Waals surface area contributed by atoms with E-state index < -0.39 is 80.8 Å². The number of ether oxygens (including phenoxy) is 1. The van der Waals surface area contributed by atoms with Crippen molar-refractivity contribution in [3.63, 3.8) is 0 Å². The third kappa shape index (κ3) is 5.37. The van der Waals surface area contributed by atoms with Crippen molar-refractivity contribution in [2.45, 2.75) is 29.8 Å². The molecule has 2 heterocycles. The molecule has 1 unspecified atom stereocenters. The minimum atomic E-state index is -4.89. The standard InChI is InChI=1S/C23H15F7N2O5S/c24-16-7-12(17-5-2-6-19(31-17)23(28,29)30)8-18-21(16)37-14(10-20(33)34)11-32(18)38(35,36)15-4-1-3-13(9-15)22(25,26)27/h1-9,14H,10-11H2,(H,33,34). The van der Waals surface area contributed by atoms with Crippen molar-refractivity contribution in [3.05, 3.63) is 71.7 Å². The van der Waals surface area contributed by atoms with Gasteiger partial charge in [0.15, 0.2) is 11.6 Å². The maximum Gasteiger partial charge on any atom is 0.433 e. The van der Waals surface area contributed by atoms with Crippen molar-refractivity contribution in [1.82, 2.24) is 4.98 Å². The first-order valence-corrected chi connectivity index (χ1v) is 12.0. The number of carboxylic acids is 1. The van der Waals surface area contributed by atoms with E-state index in [-0.39, 0.29) is 11.3 Å². The SMILES string of the molecule is O=C(O)CC1CN(S(=O)(=O)c2cccc(C(F)(F)F)c2)c2cc(-c3cccc(C(F)(F)F)n3)cc(F)c2O1. The predicted octanol–water partition coefficient (Wildman–Crippen LogP) is 5.36. The molecule has 2 aromatic carbocycles. The maximum absolute atomic E-state index is 15.2. The van der Waals surface area contributed by atoms with Gasteiger partial charge >= 0.3 is 18.3 Å². The Morgan fingerprint density at radius 1 is 1.03 bits per heavy atom. The van der Waals surface area contributed by atoms with E-state index in [0.29, 0.717) is 22.5 Å². The fraction of sp³-hybridized carbons (Fsp3) is 0.217. The first-order valence-electron chi connectivity index (χ1n) is 10.5. The Morgan fingerprint density at radius 3 is 2.34 bits per heavy atom. The van der Waals surface area contributed by atoms with Gasteiger partial charge in [-0.3, -0.25) is 9.10 Å². The topological polar surface area (TPSA) is 96.8 Å². The molecule has 202 valence electrons. The molecular weight excluding hydrogens is 549 g/mol. The number of hydrogen-bond donors (Lipinski definition) is 1. The molecule has 0 bridgehead atoms. The van der Waals surface area contributed by atoms with Gasteiger partial charge in [0.1, 0.15) is 11.8 Å². The first kappa shape index (κ1) is 27.2. The van der Waals surface area contributed by atoms with Crippen LogP contribution in [0, 0.1) is 5.82 Å². The summed E-state index contributed by atoms with van der Waals surface area (Å²) in [6, 6.07) is 7.14. The van der Waals surface area contributed by atoms with E-state index in [1.165, 1.54) is 0 Å². The summed E-state index contributed by atoms with van der Waals surface area (Å²) in [6.07, 6.45) is -12.0. The van der Waals surface area contributed by atoms with E-state index in [1.807, 2.05) is 0 Å². The van der Waals surface area contributed by atoms with Crippen molar-refractivity contribution in [2.24, 2.45) is 0 Å². The third-order valence-electron chi connectivity index (χ3n) is 5.43. The molecule has 0 aliphatic carbocycles. The van der Waals surface area contributed by atoms with Gasteiger partial charge < -0.3 is 9.84 Å². The zero-order valence-corrected chi connectivity index (χ0v) is 19.5. The number of anilines is 1. The van der Waals surface area contributed by atoms with E-state index in [1.54, 1.807) is 0 Å². The fourth-order valence-corrected chi connectivity index (χ4v) is 5.30. The summed E-state index contributed by atoms with van der Waals surface area (Å²) < 4.78 is 127. The van der Waals surface area contributed by atoms with Crippen LogP contribution in [0.25, 0.3) is 11.3 Å². The molecule has 1 N–H and O–H groups in total. The number of rotatable bonds is 5. The summed E-state index contributed by atoms with van der Waals surface area (Å²) in [5.74, 6) is -3.43. The molecule has 0 spiro atoms. The van der Waals surface area contributed by atoms with E-state index in [9.17, 15) is 39.6 Å². The number of nitrogens with zero attached hydrogens (tertiary/aromatic N) is 2. The summed E-state index contributed by atoms with van der Waals surface area (Å²) in [4.78, 5) is 13.8. The number of aliphatic carboxylic acids is 1. The minimum Gasteiger partial charge on any atom is -0.483 e. The second-order valence-electron chi connectivity index (χ2n) is 8.11. The molecular formula is C23H15F7N2O5S. The van der Waals surface area contributed by atoms with Gasteiger partial charge in [-0.15, -0.1) is 0 Å². The van der Waals surface area contributed by atoms with Crippen LogP contribution in [0.4, 0.5) is 36.4 Å². The largest absolute Gasteiger partial charge is 0.483 e. The van der Waals surface area contributed by atoms with Gasteiger partial charge in [-0.1, -0.05) is 12.1 Å². The van der Waals surface area contributed by atoms with Crippen LogP contribution in [0.2, 0.25) is 0 Å². The number of fused-ring (bicyclic) bond motifs is 1. The Bertz CT molecular complexity index is 1510. The highest BCUT2D eigenvalue weighted by Crippen LogP contribution is 2.43. The van der Waals surface area contributed by atoms with Crippen molar-refractivity contribution < 1.29 is 53.8 Å². The Kier molecular flexibility index (Phi) is 6.76. The van der Waals surface area contributed by atoms with Crippen LogP contribution in [0.15, 0.2) is 59.5 Å². The number of alkyl halides is 6. The average molecular weight is 564 g/mol. The quantitative estimate of drug-likeness (QED) is 0.420. The smallest absolute Gasteiger partial charge is 0.433 e. The van der Waals surface area contributed by atoms with Gasteiger partial charge in [-0.25, -0.2) is 17.8 Å². The summed E-state index contributed by atoms with van der Waals surface area (Å²) in [5.41, 5.74) is -3.83. The molecule has 4 rings (SSSR count). The zero-order valence-electron chi connectivity index (χ0n) is 18.7. The van der Waals surface area contributed by atoms with E-state index in [4.69, 9.17) is 9.84 Å². The molecule has 3 aromatic rings. The molecule has 0 fully saturated rings. The summed E-state index contributed by atoms with van der Waals surface area (Å²) in [6.45, 7) is -0.739. The second kappa shape index (κ2) is 9.45. The van der Waals surface area contributed by atoms with Crippen LogP contribution < -0.4 is 9.04 Å². The van der Waals surface area contributed by atoms with Gasteiger partial charge in [-0.2, -0.15) is 26.3 Å². The van der Waals surface area contributed by atoms with Crippen molar-refractivity contribution in [2.75, 3.05) is 10.8 Å². The Balaban J connectivity index is 1.89. The van der Waals surface area contributed by atoms with Gasteiger partial charge in [0.2, 0.25) is 0 Å². The molecule has 0 saturated carbocycles. The Morgan fingerprint density at radius 2 is 1.71 bits per heavy atom. The van der Waals surface area contributed by atoms with Crippen molar-refractivity contribution in [3.8, 4) is 17.0 Å². The highest BCUT2D eigenvalue weighted by molar-refractivity contribution is 7.92. The van der Waals surface area contributed by atoms with Crippen LogP contribution >= 0.6 is 0 Å². The van der Waals surface area contributed by atoms with Crippen LogP contribution in [0.1, 0.15) is 17.7 Å². The lowest BCUT2D eigenvalue weighted by Crippen LogP contribution is -2.44. The number of pyridine rings is 1. The normalized spacial score (nSPS) is 16.1. The van der Waals surface area contributed by atoms with Gasteiger partial charge in [0, 0.05) is 5.56 Å². The van der Waals surface area contributed by atoms with Crippen molar-refractivity contribution >= 4 is 21.7 Å². The molecule has 7 nitrogen and oxygen atoms in total. The lowest BCUT2D eigenvalue weighted by molar-refractivity contribution is -0.141. The van der Waals surface area contributed by atoms with E-state index >= 15 is 4.39 Å².